The van der Waals surface area contributed by atoms with Gasteiger partial charge in [0.2, 0.25) is 5.91 Å². The molecule has 4 nitrogen and oxygen atoms in total. The molecular weight excluding hydrogens is 190 g/mol. The minimum Gasteiger partial charge on any atom is -0.342 e. The minimum atomic E-state index is -0.111. The third kappa shape index (κ3) is 2.69. The lowest BCUT2D eigenvalue weighted by molar-refractivity contribution is -0.135. The predicted octanol–water partition coefficient (Wildman–Crippen LogP) is 0.276. The van der Waals surface area contributed by atoms with Crippen molar-refractivity contribution in [3.05, 3.63) is 0 Å². The minimum absolute atomic E-state index is 0.111. The van der Waals surface area contributed by atoms with Crippen LogP contribution in [0.5, 0.6) is 0 Å². The number of rotatable bonds is 3. The molecule has 2 N–H and O–H groups in total. The van der Waals surface area contributed by atoms with Crippen molar-refractivity contribution in [2.75, 3.05) is 26.7 Å². The Balaban J connectivity index is 2.78. The van der Waals surface area contributed by atoms with E-state index in [-0.39, 0.29) is 11.9 Å². The summed E-state index contributed by atoms with van der Waals surface area (Å²) in [5.74, 6) is 0.177. The van der Waals surface area contributed by atoms with E-state index >= 15 is 0 Å². The maximum Gasteiger partial charge on any atom is 0.241 e. The molecule has 1 heterocycles. The van der Waals surface area contributed by atoms with E-state index in [0.29, 0.717) is 12.6 Å². The molecule has 0 saturated carbocycles. The van der Waals surface area contributed by atoms with Crippen molar-refractivity contribution in [3.8, 4) is 0 Å². The lowest BCUT2D eigenvalue weighted by Gasteiger charge is -2.28. The first-order valence-corrected chi connectivity index (χ1v) is 5.82. The van der Waals surface area contributed by atoms with Gasteiger partial charge in [0.15, 0.2) is 0 Å². The van der Waals surface area contributed by atoms with Gasteiger partial charge in [-0.15, -0.1) is 0 Å². The van der Waals surface area contributed by atoms with Crippen LogP contribution in [0.1, 0.15) is 26.7 Å². The van der Waals surface area contributed by atoms with E-state index in [1.165, 1.54) is 0 Å². The maximum atomic E-state index is 12.1. The van der Waals surface area contributed by atoms with E-state index in [1.54, 1.807) is 0 Å². The van der Waals surface area contributed by atoms with Crippen LogP contribution >= 0.6 is 0 Å². The molecule has 1 amide bonds. The Kier molecular flexibility index (Phi) is 4.54. The highest BCUT2D eigenvalue weighted by atomic mass is 16.2. The van der Waals surface area contributed by atoms with Crippen LogP contribution in [-0.4, -0.2) is 54.5 Å². The summed E-state index contributed by atoms with van der Waals surface area (Å²) >= 11 is 0. The second kappa shape index (κ2) is 5.47. The topological polar surface area (TPSA) is 49.6 Å². The average Bonchev–Trinajstić information content (AvgIpc) is 2.32. The highest BCUT2D eigenvalue weighted by Crippen LogP contribution is 2.14. The summed E-state index contributed by atoms with van der Waals surface area (Å²) < 4.78 is 0. The molecular formula is C11H23N3O. The largest absolute Gasteiger partial charge is 0.342 e. The average molecular weight is 213 g/mol. The van der Waals surface area contributed by atoms with E-state index in [2.05, 4.69) is 18.7 Å². The van der Waals surface area contributed by atoms with Gasteiger partial charge in [-0.2, -0.15) is 0 Å². The second-order valence-electron chi connectivity index (χ2n) is 4.37. The van der Waals surface area contributed by atoms with Gasteiger partial charge in [0.05, 0.1) is 0 Å². The Morgan fingerprint density at radius 2 is 2.20 bits per heavy atom. The van der Waals surface area contributed by atoms with Crippen molar-refractivity contribution in [1.82, 2.24) is 9.80 Å². The zero-order valence-electron chi connectivity index (χ0n) is 10.1. The molecule has 4 heteroatoms. The van der Waals surface area contributed by atoms with E-state index < -0.39 is 0 Å². The molecule has 0 aromatic carbocycles. The normalized spacial score (nSPS) is 29.3. The Labute approximate surface area is 92.4 Å². The molecule has 2 unspecified atom stereocenters. The molecule has 1 aliphatic heterocycles. The maximum absolute atomic E-state index is 12.1. The lowest BCUT2D eigenvalue weighted by atomic mass is 10.2. The molecule has 0 aliphatic carbocycles. The predicted molar refractivity (Wildman–Crippen MR) is 61.6 cm³/mol. The van der Waals surface area contributed by atoms with Gasteiger partial charge < -0.3 is 10.6 Å². The molecule has 15 heavy (non-hydrogen) atoms. The highest BCUT2D eigenvalue weighted by molar-refractivity contribution is 5.82. The van der Waals surface area contributed by atoms with Gasteiger partial charge in [0.25, 0.3) is 0 Å². The Bertz CT molecular complexity index is 220. The van der Waals surface area contributed by atoms with Crippen molar-refractivity contribution in [2.45, 2.75) is 38.8 Å². The third-order valence-corrected chi connectivity index (χ3v) is 3.30. The van der Waals surface area contributed by atoms with Crippen LogP contribution in [0.25, 0.3) is 0 Å². The zero-order valence-corrected chi connectivity index (χ0v) is 10.1. The fourth-order valence-corrected chi connectivity index (χ4v) is 2.12. The molecule has 0 spiro atoms. The molecule has 1 saturated heterocycles. The van der Waals surface area contributed by atoms with Gasteiger partial charge >= 0.3 is 0 Å². The standard InChI is InChI=1S/C11H23N3O/c1-4-6-14-7-5-9(2)13(3)11(15)10(14)8-12/h9-10H,4-8,12H2,1-3H3. The molecule has 0 aromatic rings. The molecule has 1 fully saturated rings. The van der Waals surface area contributed by atoms with Crippen molar-refractivity contribution in [2.24, 2.45) is 5.73 Å². The molecule has 0 aromatic heterocycles. The first-order chi connectivity index (χ1) is 7.11. The Hall–Kier alpha value is -0.610. The summed E-state index contributed by atoms with van der Waals surface area (Å²) in [4.78, 5) is 16.1. The van der Waals surface area contributed by atoms with Crippen molar-refractivity contribution in [3.63, 3.8) is 0 Å². The third-order valence-electron chi connectivity index (χ3n) is 3.30. The molecule has 0 bridgehead atoms. The first-order valence-electron chi connectivity index (χ1n) is 5.82. The number of nitrogens with two attached hydrogens (primary N) is 1. The quantitative estimate of drug-likeness (QED) is 0.732. The molecule has 1 aliphatic rings. The van der Waals surface area contributed by atoms with Crippen LogP contribution in [0.3, 0.4) is 0 Å². The lowest BCUT2D eigenvalue weighted by Crippen LogP contribution is -2.50. The number of carbonyl (C=O) groups is 1. The summed E-state index contributed by atoms with van der Waals surface area (Å²) in [6, 6.07) is 0.216. The summed E-state index contributed by atoms with van der Waals surface area (Å²) in [5, 5.41) is 0. The van der Waals surface area contributed by atoms with E-state index in [9.17, 15) is 4.79 Å². The number of carbonyl (C=O) groups excluding carboxylic acids is 1. The Morgan fingerprint density at radius 1 is 1.53 bits per heavy atom. The number of amides is 1. The number of likely N-dealkylation sites (N-methyl/N-ethyl adjacent to an activating group) is 1. The number of nitrogens with zero attached hydrogens (tertiary/aromatic N) is 2. The van der Waals surface area contributed by atoms with Gasteiger partial charge in [-0.05, 0) is 26.3 Å². The van der Waals surface area contributed by atoms with Gasteiger partial charge in [0.1, 0.15) is 6.04 Å². The second-order valence-corrected chi connectivity index (χ2v) is 4.37. The Morgan fingerprint density at radius 3 is 2.73 bits per heavy atom. The molecule has 0 radical (unpaired) electrons. The van der Waals surface area contributed by atoms with Gasteiger partial charge in [-0.3, -0.25) is 9.69 Å². The summed E-state index contributed by atoms with van der Waals surface area (Å²) in [6.45, 7) is 6.61. The molecule has 88 valence electrons. The molecule has 2 atom stereocenters. The monoisotopic (exact) mass is 213 g/mol. The van der Waals surface area contributed by atoms with E-state index in [1.807, 2.05) is 11.9 Å². The van der Waals surface area contributed by atoms with Crippen LogP contribution in [0, 0.1) is 0 Å². The highest BCUT2D eigenvalue weighted by Gasteiger charge is 2.32. The number of hydrogen-bond donors (Lipinski definition) is 1. The van der Waals surface area contributed by atoms with E-state index in [4.69, 9.17) is 5.73 Å². The van der Waals surface area contributed by atoms with Gasteiger partial charge in [-0.1, -0.05) is 6.92 Å². The van der Waals surface area contributed by atoms with Crippen LogP contribution < -0.4 is 5.73 Å². The molecule has 1 rings (SSSR count). The van der Waals surface area contributed by atoms with Gasteiger partial charge in [-0.25, -0.2) is 0 Å². The van der Waals surface area contributed by atoms with Crippen molar-refractivity contribution >= 4 is 5.91 Å². The van der Waals surface area contributed by atoms with Crippen LogP contribution in [0.15, 0.2) is 0 Å². The fraction of sp³-hybridized carbons (Fsp3) is 0.909. The number of hydrogen-bond acceptors (Lipinski definition) is 3. The van der Waals surface area contributed by atoms with Crippen molar-refractivity contribution in [1.29, 1.82) is 0 Å². The van der Waals surface area contributed by atoms with E-state index in [0.717, 1.165) is 25.9 Å². The first kappa shape index (κ1) is 12.5. The summed E-state index contributed by atoms with van der Waals surface area (Å²) in [5.41, 5.74) is 5.70. The van der Waals surface area contributed by atoms with Gasteiger partial charge in [0, 0.05) is 26.2 Å². The smallest absolute Gasteiger partial charge is 0.241 e. The van der Waals surface area contributed by atoms with Crippen LogP contribution in [-0.2, 0) is 4.79 Å². The zero-order chi connectivity index (χ0) is 11.4. The summed E-state index contributed by atoms with van der Waals surface area (Å²) in [7, 11) is 1.88. The van der Waals surface area contributed by atoms with Crippen molar-refractivity contribution < 1.29 is 4.79 Å². The van der Waals surface area contributed by atoms with Crippen LogP contribution in [0.4, 0.5) is 0 Å². The fourth-order valence-electron chi connectivity index (χ4n) is 2.12. The summed E-state index contributed by atoms with van der Waals surface area (Å²) in [6.07, 6.45) is 2.11. The van der Waals surface area contributed by atoms with Crippen LogP contribution in [0.2, 0.25) is 0 Å². The SMILES string of the molecule is CCCN1CCC(C)N(C)C(=O)C1CN.